The number of nitrogens with zero attached hydrogens (tertiary/aromatic N) is 3. The zero-order valence-electron chi connectivity index (χ0n) is 11.6. The van der Waals surface area contributed by atoms with E-state index in [9.17, 15) is 0 Å². The third-order valence-electron chi connectivity index (χ3n) is 3.79. The fourth-order valence-corrected chi connectivity index (χ4v) is 3.07. The first-order valence-corrected chi connectivity index (χ1v) is 7.69. The van der Waals surface area contributed by atoms with E-state index < -0.39 is 0 Å². The monoisotopic (exact) mass is 266 g/mol. The Morgan fingerprint density at radius 1 is 1.33 bits per heavy atom. The highest BCUT2D eigenvalue weighted by atomic mass is 32.2. The molecule has 100 valence electrons. The molecular formula is C13H22N4S. The topological polar surface area (TPSA) is 55.0 Å². The van der Waals surface area contributed by atoms with Crippen LogP contribution in [0.5, 0.6) is 0 Å². The van der Waals surface area contributed by atoms with Gasteiger partial charge in [0.15, 0.2) is 5.16 Å². The second kappa shape index (κ2) is 5.34. The van der Waals surface area contributed by atoms with Crippen LogP contribution in [0.4, 0.5) is 11.6 Å². The smallest absolute Gasteiger partial charge is 0.191 e. The van der Waals surface area contributed by atoms with Gasteiger partial charge < -0.3 is 10.6 Å². The lowest BCUT2D eigenvalue weighted by atomic mass is 9.86. The first kappa shape index (κ1) is 13.5. The Morgan fingerprint density at radius 2 is 2.06 bits per heavy atom. The van der Waals surface area contributed by atoms with Gasteiger partial charge in [-0.15, -0.1) is 0 Å². The molecule has 2 N–H and O–H groups in total. The number of anilines is 2. The summed E-state index contributed by atoms with van der Waals surface area (Å²) in [4.78, 5) is 11.2. The van der Waals surface area contributed by atoms with E-state index in [2.05, 4.69) is 35.6 Å². The van der Waals surface area contributed by atoms with E-state index >= 15 is 0 Å². The quantitative estimate of drug-likeness (QED) is 0.659. The summed E-state index contributed by atoms with van der Waals surface area (Å²) < 4.78 is 0. The summed E-state index contributed by atoms with van der Waals surface area (Å²) >= 11 is 1.54. The summed E-state index contributed by atoms with van der Waals surface area (Å²) in [6, 6.07) is 2.39. The predicted octanol–water partition coefficient (Wildman–Crippen LogP) is 2.65. The molecule has 0 spiro atoms. The summed E-state index contributed by atoms with van der Waals surface area (Å²) in [6.07, 6.45) is 3.26. The lowest BCUT2D eigenvalue weighted by molar-refractivity contribution is 0.295. The van der Waals surface area contributed by atoms with Crippen molar-refractivity contribution in [3.63, 3.8) is 0 Å². The molecule has 2 rings (SSSR count). The van der Waals surface area contributed by atoms with E-state index in [4.69, 9.17) is 5.73 Å². The molecule has 0 aromatic carbocycles. The Bertz CT molecular complexity index is 423. The molecule has 1 aromatic heterocycles. The Morgan fingerprint density at radius 3 is 2.72 bits per heavy atom. The molecule has 0 saturated carbocycles. The van der Waals surface area contributed by atoms with Gasteiger partial charge in [0.1, 0.15) is 11.6 Å². The second-order valence-electron chi connectivity index (χ2n) is 5.35. The maximum Gasteiger partial charge on any atom is 0.191 e. The average molecular weight is 266 g/mol. The molecule has 1 saturated heterocycles. The minimum atomic E-state index is 0.505. The van der Waals surface area contributed by atoms with Crippen molar-refractivity contribution >= 4 is 23.4 Å². The van der Waals surface area contributed by atoms with Gasteiger partial charge in [-0.05, 0) is 31.4 Å². The Hall–Kier alpha value is -0.970. The minimum absolute atomic E-state index is 0.505. The number of thioether (sulfide) groups is 1. The van der Waals surface area contributed by atoms with Crippen LogP contribution >= 0.6 is 11.8 Å². The second-order valence-corrected chi connectivity index (χ2v) is 6.12. The highest BCUT2D eigenvalue weighted by molar-refractivity contribution is 7.98. The Kier molecular flexibility index (Phi) is 4.00. The summed E-state index contributed by atoms with van der Waals surface area (Å²) in [6.45, 7) is 7.94. The lowest BCUT2D eigenvalue weighted by Crippen LogP contribution is -2.46. The molecule has 1 aliphatic rings. The van der Waals surface area contributed by atoms with E-state index in [1.807, 2.05) is 12.3 Å². The molecule has 4 nitrogen and oxygen atoms in total. The van der Waals surface area contributed by atoms with E-state index in [1.54, 1.807) is 0 Å². The molecular weight excluding hydrogens is 244 g/mol. The van der Waals surface area contributed by atoms with Crippen LogP contribution in [-0.2, 0) is 0 Å². The van der Waals surface area contributed by atoms with Crippen LogP contribution in [-0.4, -0.2) is 28.8 Å². The van der Waals surface area contributed by atoms with Crippen molar-refractivity contribution in [2.75, 3.05) is 23.4 Å². The lowest BCUT2D eigenvalue weighted by Gasteiger charge is -2.41. The molecule has 1 aromatic rings. The van der Waals surface area contributed by atoms with E-state index in [0.29, 0.717) is 23.7 Å². The standard InChI is InChI=1S/C13H22N4S/c1-8-5-9(2)10(3)17(7-8)12-6-11(14)15-13(16-12)18-4/h6,8-10H,5,7H2,1-4H3,(H2,14,15,16). The highest BCUT2D eigenvalue weighted by Crippen LogP contribution is 2.31. The van der Waals surface area contributed by atoms with Crippen LogP contribution in [0.3, 0.4) is 0 Å². The summed E-state index contributed by atoms with van der Waals surface area (Å²) in [7, 11) is 0. The molecule has 0 radical (unpaired) electrons. The SMILES string of the molecule is CSc1nc(N)cc(N2CC(C)CC(C)C2C)n1. The number of rotatable bonds is 2. The molecule has 5 heteroatoms. The fraction of sp³-hybridized carbons (Fsp3) is 0.692. The van der Waals surface area contributed by atoms with Crippen LogP contribution in [0.1, 0.15) is 27.2 Å². The third kappa shape index (κ3) is 2.71. The maximum atomic E-state index is 5.87. The molecule has 2 heterocycles. The van der Waals surface area contributed by atoms with Gasteiger partial charge in [0.05, 0.1) is 0 Å². The molecule has 0 amide bonds. The van der Waals surface area contributed by atoms with Gasteiger partial charge in [0, 0.05) is 18.7 Å². The van der Waals surface area contributed by atoms with Crippen LogP contribution < -0.4 is 10.6 Å². The summed E-state index contributed by atoms with van der Waals surface area (Å²) in [5.74, 6) is 2.91. The third-order valence-corrected chi connectivity index (χ3v) is 4.33. The largest absolute Gasteiger partial charge is 0.383 e. The van der Waals surface area contributed by atoms with Crippen molar-refractivity contribution in [2.24, 2.45) is 11.8 Å². The molecule has 3 unspecified atom stereocenters. The zero-order chi connectivity index (χ0) is 13.3. The minimum Gasteiger partial charge on any atom is -0.383 e. The number of nitrogen functional groups attached to an aromatic ring is 1. The Labute approximate surface area is 113 Å². The van der Waals surface area contributed by atoms with Crippen molar-refractivity contribution in [3.8, 4) is 0 Å². The molecule has 1 aliphatic heterocycles. The normalized spacial score (nSPS) is 28.4. The zero-order valence-corrected chi connectivity index (χ0v) is 12.4. The average Bonchev–Trinajstić information content (AvgIpc) is 2.32. The number of piperidine rings is 1. The van der Waals surface area contributed by atoms with Crippen molar-refractivity contribution in [1.82, 2.24) is 9.97 Å². The number of nitrogens with two attached hydrogens (primary N) is 1. The van der Waals surface area contributed by atoms with Crippen molar-refractivity contribution in [2.45, 2.75) is 38.4 Å². The van der Waals surface area contributed by atoms with Crippen molar-refractivity contribution in [1.29, 1.82) is 0 Å². The first-order chi connectivity index (χ1) is 8.51. The summed E-state index contributed by atoms with van der Waals surface area (Å²) in [5, 5.41) is 0.753. The Balaban J connectivity index is 2.31. The van der Waals surface area contributed by atoms with Gasteiger partial charge in [0.2, 0.25) is 0 Å². The van der Waals surface area contributed by atoms with E-state index in [1.165, 1.54) is 18.2 Å². The van der Waals surface area contributed by atoms with Gasteiger partial charge in [-0.1, -0.05) is 25.6 Å². The number of hydrogen-bond donors (Lipinski definition) is 1. The molecule has 1 fully saturated rings. The van der Waals surface area contributed by atoms with Gasteiger partial charge in [-0.2, -0.15) is 0 Å². The van der Waals surface area contributed by atoms with Gasteiger partial charge in [-0.3, -0.25) is 0 Å². The van der Waals surface area contributed by atoms with E-state index in [0.717, 1.165) is 17.5 Å². The number of hydrogen-bond acceptors (Lipinski definition) is 5. The molecule has 0 bridgehead atoms. The van der Waals surface area contributed by atoms with Crippen LogP contribution in [0.2, 0.25) is 0 Å². The van der Waals surface area contributed by atoms with Gasteiger partial charge >= 0.3 is 0 Å². The molecule has 3 atom stereocenters. The predicted molar refractivity (Wildman–Crippen MR) is 78.0 cm³/mol. The van der Waals surface area contributed by atoms with E-state index in [-0.39, 0.29) is 0 Å². The first-order valence-electron chi connectivity index (χ1n) is 6.46. The summed E-state index contributed by atoms with van der Waals surface area (Å²) in [5.41, 5.74) is 5.87. The van der Waals surface area contributed by atoms with Crippen LogP contribution in [0.25, 0.3) is 0 Å². The van der Waals surface area contributed by atoms with Crippen molar-refractivity contribution < 1.29 is 0 Å². The van der Waals surface area contributed by atoms with Gasteiger partial charge in [0.25, 0.3) is 0 Å². The fourth-order valence-electron chi connectivity index (χ4n) is 2.69. The van der Waals surface area contributed by atoms with Crippen LogP contribution in [0, 0.1) is 11.8 Å². The number of aromatic nitrogens is 2. The van der Waals surface area contributed by atoms with Crippen molar-refractivity contribution in [3.05, 3.63) is 6.07 Å². The highest BCUT2D eigenvalue weighted by Gasteiger charge is 2.29. The van der Waals surface area contributed by atoms with Gasteiger partial charge in [-0.25, -0.2) is 9.97 Å². The molecule has 18 heavy (non-hydrogen) atoms. The molecule has 0 aliphatic carbocycles. The maximum absolute atomic E-state index is 5.87. The van der Waals surface area contributed by atoms with Crippen LogP contribution in [0.15, 0.2) is 11.2 Å².